The van der Waals surface area contributed by atoms with Gasteiger partial charge in [-0.3, -0.25) is 4.79 Å². The molecule has 0 aromatic carbocycles. The Hall–Kier alpha value is 0.177. The van der Waals surface area contributed by atoms with Crippen LogP contribution >= 0.6 is 11.6 Å². The highest BCUT2D eigenvalue weighted by molar-refractivity contribution is 6.63. The van der Waals surface area contributed by atoms with Gasteiger partial charge in [-0.1, -0.05) is 6.04 Å². The van der Waals surface area contributed by atoms with Crippen LogP contribution < -0.4 is 0 Å². The van der Waals surface area contributed by atoms with Crippen LogP contribution in [0.1, 0.15) is 6.42 Å². The van der Waals surface area contributed by atoms with Crippen LogP contribution in [0.15, 0.2) is 0 Å². The van der Waals surface area contributed by atoms with Crippen molar-refractivity contribution in [3.05, 3.63) is 0 Å². The molecule has 0 spiro atoms. The third-order valence-electron chi connectivity index (χ3n) is 0.447. The smallest absolute Gasteiger partial charge is 0.221 e. The third-order valence-corrected chi connectivity index (χ3v) is 1.14. The molecule has 0 bridgehead atoms. The standard InChI is InChI=1S/C3H7ClOSi/c4-3(5)1-2-6/h1-2H2,6H3. The minimum absolute atomic E-state index is 0.204. The number of carbonyl (C=O) groups is 1. The Morgan fingerprint density at radius 1 is 1.83 bits per heavy atom. The zero-order chi connectivity index (χ0) is 4.99. The molecule has 0 rings (SSSR count). The van der Waals surface area contributed by atoms with Gasteiger partial charge < -0.3 is 0 Å². The van der Waals surface area contributed by atoms with Gasteiger partial charge in [-0.2, -0.15) is 0 Å². The van der Waals surface area contributed by atoms with Gasteiger partial charge in [0.2, 0.25) is 5.24 Å². The highest BCUT2D eigenvalue weighted by atomic mass is 35.5. The average Bonchev–Trinajstić information content (AvgIpc) is 1.35. The largest absolute Gasteiger partial charge is 0.281 e. The minimum Gasteiger partial charge on any atom is -0.281 e. The molecule has 36 valence electrons. The van der Waals surface area contributed by atoms with Gasteiger partial charge in [0.15, 0.2) is 0 Å². The summed E-state index contributed by atoms with van der Waals surface area (Å²) < 4.78 is 0. The van der Waals surface area contributed by atoms with Gasteiger partial charge in [0.1, 0.15) is 0 Å². The summed E-state index contributed by atoms with van der Waals surface area (Å²) in [5.41, 5.74) is 0. The van der Waals surface area contributed by atoms with Crippen molar-refractivity contribution in [2.75, 3.05) is 0 Å². The monoisotopic (exact) mass is 122 g/mol. The summed E-state index contributed by atoms with van der Waals surface area (Å²) in [7, 11) is 1.08. The number of hydrogen-bond donors (Lipinski definition) is 0. The second-order valence-corrected chi connectivity index (χ2v) is 2.53. The molecule has 6 heavy (non-hydrogen) atoms. The van der Waals surface area contributed by atoms with Crippen LogP contribution in [0, 0.1) is 0 Å². The van der Waals surface area contributed by atoms with E-state index in [1.807, 2.05) is 0 Å². The maximum absolute atomic E-state index is 9.83. The minimum atomic E-state index is -0.204. The summed E-state index contributed by atoms with van der Waals surface area (Å²) in [4.78, 5) is 9.83. The lowest BCUT2D eigenvalue weighted by atomic mass is 10.5. The molecule has 0 N–H and O–H groups in total. The van der Waals surface area contributed by atoms with Crippen LogP contribution in [0.4, 0.5) is 0 Å². The van der Waals surface area contributed by atoms with Crippen LogP contribution in [-0.2, 0) is 4.79 Å². The first-order chi connectivity index (χ1) is 2.77. The molecule has 0 radical (unpaired) electrons. The molecule has 0 aliphatic heterocycles. The van der Waals surface area contributed by atoms with Gasteiger partial charge in [-0.15, -0.1) is 0 Å². The van der Waals surface area contributed by atoms with E-state index < -0.39 is 0 Å². The highest BCUT2D eigenvalue weighted by Gasteiger charge is 1.87. The van der Waals surface area contributed by atoms with Crippen molar-refractivity contribution in [3.8, 4) is 0 Å². The highest BCUT2D eigenvalue weighted by Crippen LogP contribution is 1.89. The van der Waals surface area contributed by atoms with E-state index in [2.05, 4.69) is 0 Å². The lowest BCUT2D eigenvalue weighted by Crippen LogP contribution is -1.81. The Morgan fingerprint density at radius 3 is 2.33 bits per heavy atom. The molecule has 0 aromatic rings. The number of halogens is 1. The normalized spacial score (nSPS) is 8.83. The maximum atomic E-state index is 9.83. The first kappa shape index (κ1) is 6.18. The summed E-state index contributed by atoms with van der Waals surface area (Å²) >= 11 is 4.96. The van der Waals surface area contributed by atoms with Gasteiger partial charge in [0, 0.05) is 16.7 Å². The first-order valence-electron chi connectivity index (χ1n) is 1.95. The van der Waals surface area contributed by atoms with Crippen LogP contribution in [0.2, 0.25) is 6.04 Å². The van der Waals surface area contributed by atoms with Crippen molar-refractivity contribution in [1.82, 2.24) is 0 Å². The molecule has 1 nitrogen and oxygen atoms in total. The van der Waals surface area contributed by atoms with E-state index in [1.165, 1.54) is 0 Å². The fraction of sp³-hybridized carbons (Fsp3) is 0.667. The van der Waals surface area contributed by atoms with Crippen molar-refractivity contribution >= 4 is 27.1 Å². The lowest BCUT2D eigenvalue weighted by molar-refractivity contribution is -0.111. The lowest BCUT2D eigenvalue weighted by Gasteiger charge is -1.77. The van der Waals surface area contributed by atoms with Gasteiger partial charge in [0.25, 0.3) is 0 Å². The maximum Gasteiger partial charge on any atom is 0.221 e. The van der Waals surface area contributed by atoms with E-state index >= 15 is 0 Å². The molecule has 0 atom stereocenters. The van der Waals surface area contributed by atoms with Crippen molar-refractivity contribution < 1.29 is 4.79 Å². The molecule has 0 saturated carbocycles. The zero-order valence-corrected chi connectivity index (χ0v) is 6.46. The van der Waals surface area contributed by atoms with Gasteiger partial charge in [0.05, 0.1) is 0 Å². The Labute approximate surface area is 45.1 Å². The van der Waals surface area contributed by atoms with E-state index in [0.29, 0.717) is 6.42 Å². The zero-order valence-electron chi connectivity index (χ0n) is 3.70. The molecule has 0 amide bonds. The summed E-state index contributed by atoms with van der Waals surface area (Å²) in [6, 6.07) is 0.988. The van der Waals surface area contributed by atoms with Crippen LogP contribution in [0.25, 0.3) is 0 Å². The van der Waals surface area contributed by atoms with E-state index in [-0.39, 0.29) is 5.24 Å². The SMILES string of the molecule is O=C(Cl)CC[SiH3]. The summed E-state index contributed by atoms with van der Waals surface area (Å²) in [6.45, 7) is 0. The van der Waals surface area contributed by atoms with Crippen LogP contribution in [-0.4, -0.2) is 15.5 Å². The van der Waals surface area contributed by atoms with Gasteiger partial charge >= 0.3 is 0 Å². The van der Waals surface area contributed by atoms with Gasteiger partial charge in [-0.05, 0) is 11.6 Å². The fourth-order valence-corrected chi connectivity index (χ4v) is 1.16. The molecule has 0 unspecified atom stereocenters. The Balaban J connectivity index is 2.83. The first-order valence-corrected chi connectivity index (χ1v) is 3.75. The predicted molar refractivity (Wildman–Crippen MR) is 30.2 cm³/mol. The Bertz CT molecular complexity index is 54.8. The van der Waals surface area contributed by atoms with E-state index in [9.17, 15) is 4.79 Å². The molecule has 3 heteroatoms. The quantitative estimate of drug-likeness (QED) is 0.370. The summed E-state index contributed by atoms with van der Waals surface area (Å²) in [5, 5.41) is -0.204. The van der Waals surface area contributed by atoms with Crippen molar-refractivity contribution in [1.29, 1.82) is 0 Å². The molecule has 0 aromatic heterocycles. The number of rotatable bonds is 2. The van der Waals surface area contributed by atoms with E-state index in [0.717, 1.165) is 16.3 Å². The second-order valence-electron chi connectivity index (χ2n) is 1.11. The Kier molecular flexibility index (Phi) is 3.47. The van der Waals surface area contributed by atoms with E-state index in [4.69, 9.17) is 11.6 Å². The topological polar surface area (TPSA) is 17.1 Å². The van der Waals surface area contributed by atoms with Crippen molar-refractivity contribution in [3.63, 3.8) is 0 Å². The molecule has 0 aliphatic rings. The summed E-state index contributed by atoms with van der Waals surface area (Å²) in [6.07, 6.45) is 0.563. The second kappa shape index (κ2) is 3.37. The van der Waals surface area contributed by atoms with Crippen LogP contribution in [0.3, 0.4) is 0 Å². The molecule has 0 heterocycles. The number of hydrogen-bond acceptors (Lipinski definition) is 1. The fourth-order valence-electron chi connectivity index (χ4n) is 0.197. The predicted octanol–water partition coefficient (Wildman–Crippen LogP) is -0.0744. The average molecular weight is 123 g/mol. The van der Waals surface area contributed by atoms with E-state index in [1.54, 1.807) is 0 Å². The third kappa shape index (κ3) is 4.18. The molecular weight excluding hydrogens is 116 g/mol. The summed E-state index contributed by atoms with van der Waals surface area (Å²) in [5.74, 6) is 0. The Morgan fingerprint density at radius 2 is 2.33 bits per heavy atom. The molecular formula is C3H7ClOSi. The van der Waals surface area contributed by atoms with Crippen LogP contribution in [0.5, 0.6) is 0 Å². The molecule has 0 fully saturated rings. The van der Waals surface area contributed by atoms with Crippen molar-refractivity contribution in [2.24, 2.45) is 0 Å². The molecule has 0 saturated heterocycles. The molecule has 0 aliphatic carbocycles. The van der Waals surface area contributed by atoms with Crippen molar-refractivity contribution in [2.45, 2.75) is 12.5 Å². The van der Waals surface area contributed by atoms with Gasteiger partial charge in [-0.25, -0.2) is 0 Å². The number of carbonyl (C=O) groups excluding carboxylic acids is 1.